The molecule has 0 fully saturated rings. The van der Waals surface area contributed by atoms with Gasteiger partial charge in [-0.25, -0.2) is 9.18 Å². The molecule has 0 saturated heterocycles. The lowest BCUT2D eigenvalue weighted by atomic mass is 10.1. The molecule has 120 valence electrons. The highest BCUT2D eigenvalue weighted by atomic mass is 35.5. The lowest BCUT2D eigenvalue weighted by molar-refractivity contribution is -0.142. The van der Waals surface area contributed by atoms with E-state index in [4.69, 9.17) is 16.3 Å². The lowest BCUT2D eigenvalue weighted by Crippen LogP contribution is -2.43. The molecule has 0 bridgehead atoms. The van der Waals surface area contributed by atoms with Crippen molar-refractivity contribution >= 4 is 23.5 Å². The molecule has 2 aromatic carbocycles. The second-order valence-corrected chi connectivity index (χ2v) is 5.33. The third-order valence-electron chi connectivity index (χ3n) is 3.21. The predicted molar refractivity (Wildman–Crippen MR) is 84.8 cm³/mol. The van der Waals surface area contributed by atoms with Gasteiger partial charge in [0, 0.05) is 17.0 Å². The number of amides is 1. The van der Waals surface area contributed by atoms with Crippen molar-refractivity contribution in [2.24, 2.45) is 0 Å². The monoisotopic (exact) mass is 335 g/mol. The first kappa shape index (κ1) is 17.0. The molecule has 2 aromatic rings. The van der Waals surface area contributed by atoms with Gasteiger partial charge in [-0.05, 0) is 35.9 Å². The fraction of sp³-hybridized carbons (Fsp3) is 0.176. The maximum absolute atomic E-state index is 13.2. The Morgan fingerprint density at radius 2 is 1.96 bits per heavy atom. The van der Waals surface area contributed by atoms with E-state index < -0.39 is 23.7 Å². The second kappa shape index (κ2) is 7.74. The van der Waals surface area contributed by atoms with Crippen molar-refractivity contribution in [3.8, 4) is 0 Å². The molecule has 0 saturated carbocycles. The quantitative estimate of drug-likeness (QED) is 0.855. The van der Waals surface area contributed by atoms with Crippen LogP contribution in [0.1, 0.15) is 15.9 Å². The molecule has 6 heteroatoms. The number of benzene rings is 2. The van der Waals surface area contributed by atoms with Crippen LogP contribution >= 0.6 is 11.6 Å². The summed E-state index contributed by atoms with van der Waals surface area (Å²) in [6.07, 6.45) is 0.217. The van der Waals surface area contributed by atoms with Crippen LogP contribution in [-0.4, -0.2) is 25.0 Å². The molecule has 23 heavy (non-hydrogen) atoms. The van der Waals surface area contributed by atoms with Gasteiger partial charge in [-0.15, -0.1) is 0 Å². The van der Waals surface area contributed by atoms with E-state index in [2.05, 4.69) is 5.32 Å². The molecule has 1 N–H and O–H groups in total. The summed E-state index contributed by atoms with van der Waals surface area (Å²) < 4.78 is 17.9. The van der Waals surface area contributed by atoms with Gasteiger partial charge in [-0.2, -0.15) is 0 Å². The Balaban J connectivity index is 2.15. The number of carbonyl (C=O) groups excluding carboxylic acids is 2. The van der Waals surface area contributed by atoms with Gasteiger partial charge in [0.25, 0.3) is 5.91 Å². The van der Waals surface area contributed by atoms with Crippen LogP contribution in [-0.2, 0) is 16.0 Å². The summed E-state index contributed by atoms with van der Waals surface area (Å²) in [5.41, 5.74) is 0.900. The Hall–Kier alpha value is -2.40. The van der Waals surface area contributed by atoms with E-state index in [-0.39, 0.29) is 12.0 Å². The number of ether oxygens (including phenoxy) is 1. The number of halogens is 2. The van der Waals surface area contributed by atoms with Gasteiger partial charge in [0.2, 0.25) is 0 Å². The van der Waals surface area contributed by atoms with Crippen LogP contribution in [0.25, 0.3) is 0 Å². The van der Waals surface area contributed by atoms with Crippen LogP contribution in [0.15, 0.2) is 48.5 Å². The molecule has 0 aliphatic carbocycles. The Labute approximate surface area is 138 Å². The highest BCUT2D eigenvalue weighted by Gasteiger charge is 2.22. The lowest BCUT2D eigenvalue weighted by Gasteiger charge is -2.17. The molecule has 0 unspecified atom stereocenters. The molecular weight excluding hydrogens is 321 g/mol. The highest BCUT2D eigenvalue weighted by molar-refractivity contribution is 6.30. The van der Waals surface area contributed by atoms with Crippen molar-refractivity contribution in [1.29, 1.82) is 0 Å². The van der Waals surface area contributed by atoms with Gasteiger partial charge < -0.3 is 10.1 Å². The minimum absolute atomic E-state index is 0.130. The van der Waals surface area contributed by atoms with Crippen LogP contribution in [0.5, 0.6) is 0 Å². The average molecular weight is 336 g/mol. The Kier molecular flexibility index (Phi) is 5.71. The van der Waals surface area contributed by atoms with Crippen LogP contribution in [0.2, 0.25) is 5.02 Å². The van der Waals surface area contributed by atoms with E-state index in [1.165, 1.54) is 25.3 Å². The summed E-state index contributed by atoms with van der Waals surface area (Å²) in [6, 6.07) is 11.3. The third kappa shape index (κ3) is 4.79. The first-order valence-electron chi connectivity index (χ1n) is 6.88. The molecule has 0 spiro atoms. The molecule has 0 aliphatic rings. The van der Waals surface area contributed by atoms with Gasteiger partial charge in [0.1, 0.15) is 11.9 Å². The van der Waals surface area contributed by atoms with E-state index in [1.54, 1.807) is 24.3 Å². The van der Waals surface area contributed by atoms with Crippen LogP contribution in [0, 0.1) is 5.82 Å². The van der Waals surface area contributed by atoms with E-state index in [9.17, 15) is 14.0 Å². The summed E-state index contributed by atoms with van der Waals surface area (Å²) in [4.78, 5) is 24.1. The highest BCUT2D eigenvalue weighted by Crippen LogP contribution is 2.13. The van der Waals surface area contributed by atoms with Crippen molar-refractivity contribution in [2.75, 3.05) is 7.11 Å². The number of nitrogens with one attached hydrogen (secondary N) is 1. The molecular formula is C17H15ClFNO3. The average Bonchev–Trinajstić information content (AvgIpc) is 2.53. The Morgan fingerprint density at radius 1 is 1.22 bits per heavy atom. The van der Waals surface area contributed by atoms with Crippen molar-refractivity contribution in [2.45, 2.75) is 12.5 Å². The Bertz CT molecular complexity index is 720. The summed E-state index contributed by atoms with van der Waals surface area (Å²) in [5, 5.41) is 3.09. The number of methoxy groups -OCH3 is 1. The molecule has 0 heterocycles. The maximum atomic E-state index is 13.2. The van der Waals surface area contributed by atoms with Crippen molar-refractivity contribution in [1.82, 2.24) is 5.32 Å². The number of rotatable bonds is 5. The van der Waals surface area contributed by atoms with Gasteiger partial charge >= 0.3 is 5.97 Å². The SMILES string of the molecule is COC(=O)[C@H](Cc1cccc(Cl)c1)NC(=O)c1cccc(F)c1. The zero-order chi connectivity index (χ0) is 16.8. The first-order valence-corrected chi connectivity index (χ1v) is 7.26. The first-order chi connectivity index (χ1) is 11.0. The molecule has 2 rings (SSSR count). The minimum Gasteiger partial charge on any atom is -0.467 e. The smallest absolute Gasteiger partial charge is 0.328 e. The summed E-state index contributed by atoms with van der Waals surface area (Å²) in [7, 11) is 1.24. The molecule has 0 radical (unpaired) electrons. The van der Waals surface area contributed by atoms with Crippen LogP contribution in [0.3, 0.4) is 0 Å². The number of carbonyl (C=O) groups is 2. The molecule has 0 aromatic heterocycles. The topological polar surface area (TPSA) is 55.4 Å². The van der Waals surface area contributed by atoms with Crippen molar-refractivity contribution in [3.63, 3.8) is 0 Å². The predicted octanol–water partition coefficient (Wildman–Crippen LogP) is 2.99. The number of hydrogen-bond donors (Lipinski definition) is 1. The third-order valence-corrected chi connectivity index (χ3v) is 3.44. The fourth-order valence-corrected chi connectivity index (χ4v) is 2.32. The minimum atomic E-state index is -0.894. The van der Waals surface area contributed by atoms with Crippen LogP contribution in [0.4, 0.5) is 4.39 Å². The standard InChI is InChI=1S/C17H15ClFNO3/c1-23-17(22)15(9-11-4-2-6-13(18)8-11)20-16(21)12-5-3-7-14(19)10-12/h2-8,10,15H,9H2,1H3,(H,20,21)/t15-/m0/s1. The zero-order valence-corrected chi connectivity index (χ0v) is 13.1. The van der Waals surface area contributed by atoms with Gasteiger partial charge in [-0.1, -0.05) is 29.8 Å². The van der Waals surface area contributed by atoms with Crippen molar-refractivity contribution < 1.29 is 18.7 Å². The number of hydrogen-bond acceptors (Lipinski definition) is 3. The van der Waals surface area contributed by atoms with E-state index >= 15 is 0 Å². The number of esters is 1. The van der Waals surface area contributed by atoms with E-state index in [0.29, 0.717) is 5.02 Å². The van der Waals surface area contributed by atoms with E-state index in [1.807, 2.05) is 0 Å². The molecule has 1 atom stereocenters. The second-order valence-electron chi connectivity index (χ2n) is 4.89. The van der Waals surface area contributed by atoms with Crippen LogP contribution < -0.4 is 5.32 Å². The fourth-order valence-electron chi connectivity index (χ4n) is 2.11. The zero-order valence-electron chi connectivity index (χ0n) is 12.4. The van der Waals surface area contributed by atoms with Gasteiger partial charge in [-0.3, -0.25) is 4.79 Å². The summed E-state index contributed by atoms with van der Waals surface area (Å²) in [5.74, 6) is -1.67. The molecule has 4 nitrogen and oxygen atoms in total. The van der Waals surface area contributed by atoms with E-state index in [0.717, 1.165) is 11.6 Å². The normalized spacial score (nSPS) is 11.6. The summed E-state index contributed by atoms with van der Waals surface area (Å²) >= 11 is 5.92. The Morgan fingerprint density at radius 3 is 2.61 bits per heavy atom. The maximum Gasteiger partial charge on any atom is 0.328 e. The summed E-state index contributed by atoms with van der Waals surface area (Å²) in [6.45, 7) is 0. The van der Waals surface area contributed by atoms with Gasteiger partial charge in [0.05, 0.1) is 7.11 Å². The van der Waals surface area contributed by atoms with Crippen molar-refractivity contribution in [3.05, 3.63) is 70.5 Å². The molecule has 1 amide bonds. The largest absolute Gasteiger partial charge is 0.467 e. The molecule has 0 aliphatic heterocycles. The van der Waals surface area contributed by atoms with Gasteiger partial charge in [0.15, 0.2) is 0 Å².